The lowest BCUT2D eigenvalue weighted by molar-refractivity contribution is -0.118. The molecular weight excluding hydrogens is 235 g/mol. The van der Waals surface area contributed by atoms with Crippen molar-refractivity contribution in [3.05, 3.63) is 29.6 Å². The van der Waals surface area contributed by atoms with Crippen molar-refractivity contribution in [1.29, 1.82) is 5.26 Å². The van der Waals surface area contributed by atoms with E-state index in [-0.39, 0.29) is 29.7 Å². The maximum absolute atomic E-state index is 13.5. The van der Waals surface area contributed by atoms with Crippen LogP contribution in [-0.4, -0.2) is 18.6 Å². The van der Waals surface area contributed by atoms with Crippen molar-refractivity contribution in [1.82, 2.24) is 0 Å². The molecule has 1 aliphatic rings. The molecular formula is C13H13FN2O2. The van der Waals surface area contributed by atoms with Gasteiger partial charge in [0.15, 0.2) is 0 Å². The SMILES string of the molecule is N#Cc1ccc(NC(=O)CC2CCCO2)c(F)c1. The molecule has 1 atom stereocenters. The van der Waals surface area contributed by atoms with Crippen LogP contribution in [0.15, 0.2) is 18.2 Å². The zero-order chi connectivity index (χ0) is 13.0. The second kappa shape index (κ2) is 5.61. The van der Waals surface area contributed by atoms with Crippen LogP contribution in [0.1, 0.15) is 24.8 Å². The molecule has 0 radical (unpaired) electrons. The van der Waals surface area contributed by atoms with Gasteiger partial charge in [-0.1, -0.05) is 0 Å². The van der Waals surface area contributed by atoms with Gasteiger partial charge in [-0.25, -0.2) is 4.39 Å². The number of nitriles is 1. The van der Waals surface area contributed by atoms with Gasteiger partial charge in [-0.15, -0.1) is 0 Å². The molecule has 0 aliphatic carbocycles. The molecule has 0 aromatic heterocycles. The van der Waals surface area contributed by atoms with Crippen molar-refractivity contribution in [2.45, 2.75) is 25.4 Å². The molecule has 1 saturated heterocycles. The molecule has 1 heterocycles. The van der Waals surface area contributed by atoms with Crippen LogP contribution >= 0.6 is 0 Å². The Bertz CT molecular complexity index is 490. The summed E-state index contributed by atoms with van der Waals surface area (Å²) in [4.78, 5) is 11.7. The van der Waals surface area contributed by atoms with E-state index in [4.69, 9.17) is 10.00 Å². The van der Waals surface area contributed by atoms with E-state index in [0.717, 1.165) is 18.9 Å². The minimum atomic E-state index is -0.602. The molecule has 0 saturated carbocycles. The first-order valence-corrected chi connectivity index (χ1v) is 5.80. The van der Waals surface area contributed by atoms with Crippen molar-refractivity contribution in [3.63, 3.8) is 0 Å². The third-order valence-electron chi connectivity index (χ3n) is 2.81. The summed E-state index contributed by atoms with van der Waals surface area (Å²) < 4.78 is 18.8. The fourth-order valence-electron chi connectivity index (χ4n) is 1.90. The molecule has 1 N–H and O–H groups in total. The number of nitrogens with one attached hydrogen (secondary N) is 1. The van der Waals surface area contributed by atoms with Crippen LogP contribution in [0.3, 0.4) is 0 Å². The van der Waals surface area contributed by atoms with Crippen LogP contribution in [0.2, 0.25) is 0 Å². The lowest BCUT2D eigenvalue weighted by Crippen LogP contribution is -2.19. The van der Waals surface area contributed by atoms with Crippen LogP contribution in [0, 0.1) is 17.1 Å². The predicted molar refractivity (Wildman–Crippen MR) is 63.3 cm³/mol. The molecule has 1 aliphatic heterocycles. The standard InChI is InChI=1S/C13H13FN2O2/c14-11-6-9(8-15)3-4-12(11)16-13(17)7-10-2-1-5-18-10/h3-4,6,10H,1-2,5,7H2,(H,16,17). The lowest BCUT2D eigenvalue weighted by atomic mass is 10.1. The molecule has 1 aromatic carbocycles. The van der Waals surface area contributed by atoms with Crippen molar-refractivity contribution < 1.29 is 13.9 Å². The Morgan fingerprint density at radius 1 is 1.61 bits per heavy atom. The zero-order valence-electron chi connectivity index (χ0n) is 9.78. The maximum Gasteiger partial charge on any atom is 0.227 e. The fourth-order valence-corrected chi connectivity index (χ4v) is 1.90. The van der Waals surface area contributed by atoms with Gasteiger partial charge in [0, 0.05) is 6.61 Å². The number of benzene rings is 1. The van der Waals surface area contributed by atoms with Gasteiger partial charge < -0.3 is 10.1 Å². The Balaban J connectivity index is 1.96. The number of nitrogens with zero attached hydrogens (tertiary/aromatic N) is 1. The maximum atomic E-state index is 13.5. The predicted octanol–water partition coefficient (Wildman–Crippen LogP) is 2.20. The Morgan fingerprint density at radius 3 is 3.06 bits per heavy atom. The van der Waals surface area contributed by atoms with E-state index in [1.807, 2.05) is 6.07 Å². The molecule has 5 heteroatoms. The highest BCUT2D eigenvalue weighted by atomic mass is 19.1. The normalized spacial score (nSPS) is 18.3. The molecule has 0 spiro atoms. The third kappa shape index (κ3) is 3.05. The number of halogens is 1. The molecule has 1 unspecified atom stereocenters. The first-order valence-electron chi connectivity index (χ1n) is 5.80. The van der Waals surface area contributed by atoms with E-state index >= 15 is 0 Å². The first kappa shape index (κ1) is 12.5. The molecule has 18 heavy (non-hydrogen) atoms. The fraction of sp³-hybridized carbons (Fsp3) is 0.385. The van der Waals surface area contributed by atoms with E-state index in [1.54, 1.807) is 0 Å². The number of hydrogen-bond donors (Lipinski definition) is 1. The van der Waals surface area contributed by atoms with Crippen molar-refractivity contribution in [3.8, 4) is 6.07 Å². The van der Waals surface area contributed by atoms with Crippen LogP contribution < -0.4 is 5.32 Å². The minimum Gasteiger partial charge on any atom is -0.378 e. The summed E-state index contributed by atoms with van der Waals surface area (Å²) in [5.41, 5.74) is 0.321. The number of amides is 1. The topological polar surface area (TPSA) is 62.1 Å². The molecule has 0 bridgehead atoms. The lowest BCUT2D eigenvalue weighted by Gasteiger charge is -2.10. The van der Waals surface area contributed by atoms with Gasteiger partial charge in [-0.3, -0.25) is 4.79 Å². The minimum absolute atomic E-state index is 0.0635. The van der Waals surface area contributed by atoms with Crippen LogP contribution in [0.4, 0.5) is 10.1 Å². The van der Waals surface area contributed by atoms with Gasteiger partial charge in [0.05, 0.1) is 29.8 Å². The molecule has 1 fully saturated rings. The number of rotatable bonds is 3. The third-order valence-corrected chi connectivity index (χ3v) is 2.81. The largest absolute Gasteiger partial charge is 0.378 e. The smallest absolute Gasteiger partial charge is 0.227 e. The van der Waals surface area contributed by atoms with Crippen LogP contribution in [0.5, 0.6) is 0 Å². The van der Waals surface area contributed by atoms with Gasteiger partial charge in [-0.2, -0.15) is 5.26 Å². The number of carbonyl (C=O) groups is 1. The highest BCUT2D eigenvalue weighted by molar-refractivity contribution is 5.91. The summed E-state index contributed by atoms with van der Waals surface area (Å²) in [5.74, 6) is -0.875. The summed E-state index contributed by atoms with van der Waals surface area (Å²) in [6.45, 7) is 0.684. The van der Waals surface area contributed by atoms with Gasteiger partial charge in [0.25, 0.3) is 0 Å². The Kier molecular flexibility index (Phi) is 3.90. The molecule has 4 nitrogen and oxygen atoms in total. The highest BCUT2D eigenvalue weighted by Gasteiger charge is 2.19. The molecule has 1 amide bonds. The summed E-state index contributed by atoms with van der Waals surface area (Å²) in [6, 6.07) is 5.79. The summed E-state index contributed by atoms with van der Waals surface area (Å²) in [6.07, 6.45) is 2.00. The molecule has 1 aromatic rings. The van der Waals surface area contributed by atoms with Crippen molar-refractivity contribution in [2.24, 2.45) is 0 Å². The van der Waals surface area contributed by atoms with Crippen molar-refractivity contribution in [2.75, 3.05) is 11.9 Å². The van der Waals surface area contributed by atoms with Gasteiger partial charge >= 0.3 is 0 Å². The van der Waals surface area contributed by atoms with Gasteiger partial charge in [-0.05, 0) is 31.0 Å². The Labute approximate surface area is 104 Å². The monoisotopic (exact) mass is 248 g/mol. The second-order valence-electron chi connectivity index (χ2n) is 4.19. The van der Waals surface area contributed by atoms with E-state index < -0.39 is 5.82 Å². The average molecular weight is 248 g/mol. The van der Waals surface area contributed by atoms with Crippen LogP contribution in [-0.2, 0) is 9.53 Å². The summed E-state index contributed by atoms with van der Waals surface area (Å²) in [7, 11) is 0. The molecule has 2 rings (SSSR count). The van der Waals surface area contributed by atoms with Crippen molar-refractivity contribution >= 4 is 11.6 Å². The first-order chi connectivity index (χ1) is 8.69. The number of ether oxygens (including phenoxy) is 1. The van der Waals surface area contributed by atoms with E-state index in [1.165, 1.54) is 12.1 Å². The number of anilines is 1. The van der Waals surface area contributed by atoms with Crippen LogP contribution in [0.25, 0.3) is 0 Å². The van der Waals surface area contributed by atoms with E-state index in [2.05, 4.69) is 5.32 Å². The summed E-state index contributed by atoms with van der Waals surface area (Å²) in [5, 5.41) is 11.1. The summed E-state index contributed by atoms with van der Waals surface area (Å²) >= 11 is 0. The second-order valence-corrected chi connectivity index (χ2v) is 4.19. The zero-order valence-corrected chi connectivity index (χ0v) is 9.78. The highest BCUT2D eigenvalue weighted by Crippen LogP contribution is 2.18. The molecule has 94 valence electrons. The van der Waals surface area contributed by atoms with E-state index in [0.29, 0.717) is 6.61 Å². The average Bonchev–Trinajstić information content (AvgIpc) is 2.84. The van der Waals surface area contributed by atoms with Gasteiger partial charge in [0.1, 0.15) is 5.82 Å². The Hall–Kier alpha value is -1.93. The quantitative estimate of drug-likeness (QED) is 0.892. The van der Waals surface area contributed by atoms with E-state index in [9.17, 15) is 9.18 Å². The van der Waals surface area contributed by atoms with Gasteiger partial charge in [0.2, 0.25) is 5.91 Å². The Morgan fingerprint density at radius 2 is 2.44 bits per heavy atom. The number of carbonyl (C=O) groups excluding carboxylic acids is 1. The number of hydrogen-bond acceptors (Lipinski definition) is 3.